The Morgan fingerprint density at radius 1 is 1.50 bits per heavy atom. The zero-order valence-electron chi connectivity index (χ0n) is 7.62. The molecule has 4 heteroatoms. The van der Waals surface area contributed by atoms with Crippen LogP contribution in [0.1, 0.15) is 35.4 Å². The molecule has 1 heterocycles. The second-order valence-electron chi connectivity index (χ2n) is 3.67. The number of hydrogen-bond acceptors (Lipinski definition) is 3. The smallest absolute Gasteiger partial charge is 0.205 e. The van der Waals surface area contributed by atoms with Crippen LogP contribution in [0.4, 0.5) is 0 Å². The Labute approximate surface area is 95.1 Å². The van der Waals surface area contributed by atoms with Gasteiger partial charge in [-0.15, -0.1) is 11.3 Å². The number of thiophene rings is 1. The lowest BCUT2D eigenvalue weighted by molar-refractivity contribution is 0.0357. The van der Waals surface area contributed by atoms with Crippen molar-refractivity contribution in [3.63, 3.8) is 0 Å². The van der Waals surface area contributed by atoms with Gasteiger partial charge in [-0.05, 0) is 53.1 Å². The van der Waals surface area contributed by atoms with Crippen LogP contribution in [0.2, 0.25) is 0 Å². The van der Waals surface area contributed by atoms with E-state index in [-0.39, 0.29) is 5.78 Å². The second kappa shape index (κ2) is 3.76. The fourth-order valence-corrected chi connectivity index (χ4v) is 3.44. The number of aliphatic hydroxyl groups is 1. The van der Waals surface area contributed by atoms with Crippen molar-refractivity contribution >= 4 is 33.0 Å². The summed E-state index contributed by atoms with van der Waals surface area (Å²) in [7, 11) is 0. The number of carbonyl (C=O) groups is 1. The van der Waals surface area contributed by atoms with Gasteiger partial charge in [-0.2, -0.15) is 0 Å². The molecule has 1 aromatic heterocycles. The standard InChI is InChI=1S/C10H11BrO2S/c11-7-3-6-14-8(7)9(12)10(13)4-1-2-5-10/h3,6,13H,1-2,4-5H2. The normalized spacial score (nSPS) is 19.9. The highest BCUT2D eigenvalue weighted by Crippen LogP contribution is 2.36. The molecule has 2 rings (SSSR count). The Hall–Kier alpha value is -0.190. The summed E-state index contributed by atoms with van der Waals surface area (Å²) in [5.74, 6) is -0.114. The molecule has 14 heavy (non-hydrogen) atoms. The maximum absolute atomic E-state index is 12.0. The summed E-state index contributed by atoms with van der Waals surface area (Å²) in [4.78, 5) is 12.6. The van der Waals surface area contributed by atoms with Crippen LogP contribution in [0.3, 0.4) is 0 Å². The zero-order valence-corrected chi connectivity index (χ0v) is 10.0. The molecule has 1 aromatic rings. The van der Waals surface area contributed by atoms with Crippen molar-refractivity contribution in [2.75, 3.05) is 0 Å². The molecule has 0 saturated heterocycles. The largest absolute Gasteiger partial charge is 0.382 e. The molecule has 1 saturated carbocycles. The first-order chi connectivity index (χ1) is 6.63. The van der Waals surface area contributed by atoms with Crippen molar-refractivity contribution < 1.29 is 9.90 Å². The Balaban J connectivity index is 2.28. The van der Waals surface area contributed by atoms with Crippen LogP contribution in [0, 0.1) is 0 Å². The zero-order chi connectivity index (χ0) is 10.2. The lowest BCUT2D eigenvalue weighted by atomic mass is 9.96. The molecule has 1 aliphatic carbocycles. The molecule has 0 bridgehead atoms. The van der Waals surface area contributed by atoms with E-state index in [2.05, 4.69) is 15.9 Å². The van der Waals surface area contributed by atoms with Gasteiger partial charge in [-0.1, -0.05) is 0 Å². The first-order valence-corrected chi connectivity index (χ1v) is 6.31. The van der Waals surface area contributed by atoms with Crippen LogP contribution >= 0.6 is 27.3 Å². The lowest BCUT2D eigenvalue weighted by Crippen LogP contribution is -2.34. The van der Waals surface area contributed by atoms with Crippen molar-refractivity contribution in [1.82, 2.24) is 0 Å². The number of Topliss-reactive ketones (excluding diaryl/α,β-unsaturated/α-hetero) is 1. The monoisotopic (exact) mass is 274 g/mol. The second-order valence-corrected chi connectivity index (χ2v) is 5.44. The third kappa shape index (κ3) is 1.66. The average Bonchev–Trinajstić information content (AvgIpc) is 2.74. The summed E-state index contributed by atoms with van der Waals surface area (Å²) in [5, 5.41) is 11.9. The van der Waals surface area contributed by atoms with Crippen molar-refractivity contribution in [2.45, 2.75) is 31.3 Å². The van der Waals surface area contributed by atoms with E-state index < -0.39 is 5.60 Å². The van der Waals surface area contributed by atoms with Crippen molar-refractivity contribution in [3.8, 4) is 0 Å². The van der Waals surface area contributed by atoms with E-state index in [1.165, 1.54) is 11.3 Å². The van der Waals surface area contributed by atoms with Crippen LogP contribution in [0.5, 0.6) is 0 Å². The van der Waals surface area contributed by atoms with E-state index in [0.717, 1.165) is 17.3 Å². The predicted molar refractivity (Wildman–Crippen MR) is 59.8 cm³/mol. The highest BCUT2D eigenvalue weighted by molar-refractivity contribution is 9.10. The molecule has 1 N–H and O–H groups in total. The topological polar surface area (TPSA) is 37.3 Å². The van der Waals surface area contributed by atoms with Crippen LogP contribution in [-0.4, -0.2) is 16.5 Å². The summed E-state index contributed by atoms with van der Waals surface area (Å²) in [6, 6.07) is 1.84. The minimum absolute atomic E-state index is 0.114. The molecule has 76 valence electrons. The van der Waals surface area contributed by atoms with Crippen molar-refractivity contribution in [3.05, 3.63) is 20.8 Å². The van der Waals surface area contributed by atoms with Gasteiger partial charge in [0.05, 0.1) is 4.88 Å². The molecule has 0 unspecified atom stereocenters. The van der Waals surface area contributed by atoms with Crippen LogP contribution in [-0.2, 0) is 0 Å². The van der Waals surface area contributed by atoms with Gasteiger partial charge in [0.2, 0.25) is 5.78 Å². The molecular formula is C10H11BrO2S. The minimum atomic E-state index is -1.09. The van der Waals surface area contributed by atoms with Crippen LogP contribution in [0.15, 0.2) is 15.9 Å². The third-order valence-corrected chi connectivity index (χ3v) is 4.51. The van der Waals surface area contributed by atoms with Gasteiger partial charge in [-0.3, -0.25) is 4.79 Å². The number of carbonyl (C=O) groups excluding carboxylic acids is 1. The van der Waals surface area contributed by atoms with E-state index in [4.69, 9.17) is 0 Å². The summed E-state index contributed by atoms with van der Waals surface area (Å²) >= 11 is 4.70. The molecule has 0 radical (unpaired) electrons. The first-order valence-electron chi connectivity index (χ1n) is 4.64. The number of rotatable bonds is 2. The van der Waals surface area contributed by atoms with E-state index in [9.17, 15) is 9.90 Å². The summed E-state index contributed by atoms with van der Waals surface area (Å²) in [5.41, 5.74) is -1.09. The van der Waals surface area contributed by atoms with E-state index in [1.807, 2.05) is 11.4 Å². The summed E-state index contributed by atoms with van der Waals surface area (Å²) in [6.07, 6.45) is 3.11. The lowest BCUT2D eigenvalue weighted by Gasteiger charge is -2.19. The molecule has 0 amide bonds. The van der Waals surface area contributed by atoms with Crippen molar-refractivity contribution in [1.29, 1.82) is 0 Å². The van der Waals surface area contributed by atoms with Gasteiger partial charge in [0, 0.05) is 4.47 Å². The van der Waals surface area contributed by atoms with Gasteiger partial charge in [0.15, 0.2) is 0 Å². The number of hydrogen-bond donors (Lipinski definition) is 1. The quantitative estimate of drug-likeness (QED) is 0.842. The summed E-state index contributed by atoms with van der Waals surface area (Å²) in [6.45, 7) is 0. The van der Waals surface area contributed by atoms with Crippen LogP contribution in [0.25, 0.3) is 0 Å². The molecule has 1 aliphatic rings. The molecule has 0 atom stereocenters. The highest BCUT2D eigenvalue weighted by atomic mass is 79.9. The molecule has 1 fully saturated rings. The maximum Gasteiger partial charge on any atom is 0.205 e. The van der Waals surface area contributed by atoms with Gasteiger partial charge < -0.3 is 5.11 Å². The van der Waals surface area contributed by atoms with Crippen molar-refractivity contribution in [2.24, 2.45) is 0 Å². The van der Waals surface area contributed by atoms with Gasteiger partial charge >= 0.3 is 0 Å². The van der Waals surface area contributed by atoms with Crippen LogP contribution < -0.4 is 0 Å². The van der Waals surface area contributed by atoms with E-state index in [1.54, 1.807) is 0 Å². The highest BCUT2D eigenvalue weighted by Gasteiger charge is 2.40. The number of halogens is 1. The Bertz CT molecular complexity index is 353. The van der Waals surface area contributed by atoms with E-state index >= 15 is 0 Å². The minimum Gasteiger partial charge on any atom is -0.382 e. The molecule has 0 aliphatic heterocycles. The fraction of sp³-hybridized carbons (Fsp3) is 0.500. The first kappa shape index (κ1) is 10.3. The molecule has 2 nitrogen and oxygen atoms in total. The van der Waals surface area contributed by atoms with Gasteiger partial charge in [0.1, 0.15) is 5.60 Å². The Morgan fingerprint density at radius 3 is 2.64 bits per heavy atom. The van der Waals surface area contributed by atoms with Gasteiger partial charge in [0.25, 0.3) is 0 Å². The Morgan fingerprint density at radius 2 is 2.14 bits per heavy atom. The predicted octanol–water partition coefficient (Wildman–Crippen LogP) is 3.00. The van der Waals surface area contributed by atoms with E-state index in [0.29, 0.717) is 17.7 Å². The third-order valence-electron chi connectivity index (χ3n) is 2.68. The number of ketones is 1. The molecule has 0 spiro atoms. The SMILES string of the molecule is O=C(c1sccc1Br)C1(O)CCCC1. The molecular weight excluding hydrogens is 264 g/mol. The average molecular weight is 275 g/mol. The Kier molecular flexibility index (Phi) is 2.77. The van der Waals surface area contributed by atoms with Gasteiger partial charge in [-0.25, -0.2) is 0 Å². The summed E-state index contributed by atoms with van der Waals surface area (Å²) < 4.78 is 0.799. The fourth-order valence-electron chi connectivity index (χ4n) is 1.85. The molecule has 0 aromatic carbocycles. The maximum atomic E-state index is 12.0.